The van der Waals surface area contributed by atoms with Crippen molar-refractivity contribution in [3.8, 4) is 22.4 Å². The normalized spacial score (nSPS) is 14.9. The molecule has 8 heteroatoms. The largest absolute Gasteiger partial charge is 0.326 e. The lowest BCUT2D eigenvalue weighted by Gasteiger charge is -2.21. The molecule has 0 saturated carbocycles. The van der Waals surface area contributed by atoms with Crippen molar-refractivity contribution in [3.63, 3.8) is 0 Å². The molecule has 0 radical (unpaired) electrons. The number of carbonyl (C=O) groups is 2. The number of nitrogens with one attached hydrogen (secondary N) is 1. The van der Waals surface area contributed by atoms with E-state index in [1.807, 2.05) is 16.6 Å². The molecule has 1 atom stereocenters. The van der Waals surface area contributed by atoms with Crippen LogP contribution in [0.5, 0.6) is 0 Å². The molecule has 0 aliphatic carbocycles. The highest BCUT2D eigenvalue weighted by Crippen LogP contribution is 2.29. The van der Waals surface area contributed by atoms with Crippen molar-refractivity contribution in [1.29, 1.82) is 0 Å². The summed E-state index contributed by atoms with van der Waals surface area (Å²) in [6.07, 6.45) is 8.90. The van der Waals surface area contributed by atoms with Crippen molar-refractivity contribution >= 4 is 29.7 Å². The van der Waals surface area contributed by atoms with Crippen LogP contribution in [0.3, 0.4) is 0 Å². The van der Waals surface area contributed by atoms with Crippen molar-refractivity contribution < 1.29 is 9.59 Å². The number of hydrogen-bond acceptors (Lipinski definition) is 5. The number of aryl methyl sites for hydroxylation is 3. The highest BCUT2D eigenvalue weighted by atomic mass is 35.5. The zero-order valence-electron chi connectivity index (χ0n) is 24.3. The molecule has 1 fully saturated rings. The Kier molecular flexibility index (Phi) is 9.34. The number of halogens is 1. The van der Waals surface area contributed by atoms with Gasteiger partial charge in [-0.1, -0.05) is 60.7 Å². The van der Waals surface area contributed by atoms with E-state index in [1.165, 1.54) is 16.7 Å². The van der Waals surface area contributed by atoms with Gasteiger partial charge < -0.3 is 5.73 Å². The molecule has 3 heterocycles. The summed E-state index contributed by atoms with van der Waals surface area (Å²) in [4.78, 5) is 28.2. The number of hydrogen-bond donors (Lipinski definition) is 2. The van der Waals surface area contributed by atoms with E-state index in [-0.39, 0.29) is 30.1 Å². The third-order valence-electron chi connectivity index (χ3n) is 8.32. The topological polar surface area (TPSA) is 102 Å². The summed E-state index contributed by atoms with van der Waals surface area (Å²) in [5.74, 6) is -0.634. The zero-order chi connectivity index (χ0) is 29.1. The maximum absolute atomic E-state index is 12.2. The number of piperidine rings is 1. The van der Waals surface area contributed by atoms with Crippen LogP contribution in [0.1, 0.15) is 59.4 Å². The molecule has 0 spiro atoms. The number of nitrogens with two attached hydrogens (primary N) is 1. The molecule has 7 nitrogen and oxygen atoms in total. The Balaban J connectivity index is 0.00000368. The fourth-order valence-electron chi connectivity index (χ4n) is 5.86. The lowest BCUT2D eigenvalue weighted by Crippen LogP contribution is -2.39. The Hall–Kier alpha value is -4.33. The fourth-order valence-corrected chi connectivity index (χ4v) is 5.86. The summed E-state index contributed by atoms with van der Waals surface area (Å²) in [6.45, 7) is 2.62. The summed E-state index contributed by atoms with van der Waals surface area (Å²) < 4.78 is 1.93. The van der Waals surface area contributed by atoms with Crippen molar-refractivity contribution in [2.75, 3.05) is 0 Å². The predicted molar refractivity (Wildman–Crippen MR) is 172 cm³/mol. The molecule has 0 bridgehead atoms. The van der Waals surface area contributed by atoms with E-state index in [1.54, 1.807) is 6.33 Å². The van der Waals surface area contributed by atoms with Crippen LogP contribution >= 0.6 is 12.4 Å². The summed E-state index contributed by atoms with van der Waals surface area (Å²) in [5.41, 5.74) is 17.0. The highest BCUT2D eigenvalue weighted by molar-refractivity contribution is 6.01. The number of imide groups is 1. The Morgan fingerprint density at radius 3 is 2.23 bits per heavy atom. The number of nitrogens with zero attached hydrogens (tertiary/aromatic N) is 3. The molecule has 43 heavy (non-hydrogen) atoms. The van der Waals surface area contributed by atoms with Crippen LogP contribution in [0.15, 0.2) is 85.3 Å². The second kappa shape index (κ2) is 13.3. The first kappa shape index (κ1) is 30.1. The van der Waals surface area contributed by atoms with Gasteiger partial charge in [-0.25, -0.2) is 9.50 Å². The first-order valence-electron chi connectivity index (χ1n) is 14.6. The third-order valence-corrected chi connectivity index (χ3v) is 8.32. The van der Waals surface area contributed by atoms with E-state index in [0.29, 0.717) is 19.4 Å². The number of amides is 2. The van der Waals surface area contributed by atoms with Crippen LogP contribution in [-0.4, -0.2) is 26.4 Å². The van der Waals surface area contributed by atoms with Crippen molar-refractivity contribution in [3.05, 3.63) is 113 Å². The Labute approximate surface area is 258 Å². The molecule has 2 aromatic heterocycles. The van der Waals surface area contributed by atoms with Gasteiger partial charge in [-0.15, -0.1) is 12.4 Å². The Morgan fingerprint density at radius 2 is 1.56 bits per heavy atom. The van der Waals surface area contributed by atoms with E-state index in [0.717, 1.165) is 64.7 Å². The number of benzene rings is 3. The molecule has 3 N–H and O–H groups in total. The molecular formula is C35H36ClN5O2. The quantitative estimate of drug-likeness (QED) is 0.153. The smallest absolute Gasteiger partial charge is 0.234 e. The summed E-state index contributed by atoms with van der Waals surface area (Å²) in [5, 5.41) is 6.89. The number of fused-ring (bicyclic) bond motifs is 1. The van der Waals surface area contributed by atoms with Crippen molar-refractivity contribution in [1.82, 2.24) is 19.9 Å². The Morgan fingerprint density at radius 1 is 0.884 bits per heavy atom. The Bertz CT molecular complexity index is 1750. The van der Waals surface area contributed by atoms with Crippen molar-refractivity contribution in [2.24, 2.45) is 5.73 Å². The number of unbranched alkanes of at least 4 members (excludes halogenated alkanes) is 1. The zero-order valence-corrected chi connectivity index (χ0v) is 25.1. The minimum Gasteiger partial charge on any atom is -0.326 e. The molecule has 1 aliphatic rings. The van der Waals surface area contributed by atoms with Crippen LogP contribution in [0.2, 0.25) is 0 Å². The molecule has 1 aliphatic heterocycles. The maximum atomic E-state index is 12.2. The van der Waals surface area contributed by atoms with E-state index in [4.69, 9.17) is 5.73 Å². The first-order valence-corrected chi connectivity index (χ1v) is 14.6. The molecule has 1 saturated heterocycles. The van der Waals surface area contributed by atoms with Crippen molar-refractivity contribution in [2.45, 2.75) is 57.9 Å². The maximum Gasteiger partial charge on any atom is 0.234 e. The predicted octanol–water partition coefficient (Wildman–Crippen LogP) is 6.34. The van der Waals surface area contributed by atoms with Gasteiger partial charge in [0, 0.05) is 24.7 Å². The molecule has 1 unspecified atom stereocenters. The first-order chi connectivity index (χ1) is 20.5. The van der Waals surface area contributed by atoms with Gasteiger partial charge in [-0.2, -0.15) is 5.10 Å². The fraction of sp³-hybridized carbons (Fsp3) is 0.257. The van der Waals surface area contributed by atoms with Gasteiger partial charge in [-0.05, 0) is 90.1 Å². The van der Waals surface area contributed by atoms with Gasteiger partial charge in [0.25, 0.3) is 0 Å². The molecular weight excluding hydrogens is 558 g/mol. The highest BCUT2D eigenvalue weighted by Gasteiger charge is 2.27. The third kappa shape index (κ3) is 6.69. The number of aromatic nitrogens is 3. The molecule has 2 amide bonds. The average molecular weight is 594 g/mol. The molecule has 220 valence electrons. The minimum atomic E-state index is -0.252. The number of rotatable bonds is 9. The average Bonchev–Trinajstić information content (AvgIpc) is 3.43. The van der Waals surface area contributed by atoms with Gasteiger partial charge in [0.05, 0.1) is 17.1 Å². The minimum absolute atomic E-state index is 0. The van der Waals surface area contributed by atoms with Crippen LogP contribution < -0.4 is 11.1 Å². The second-order valence-electron chi connectivity index (χ2n) is 11.2. The summed E-state index contributed by atoms with van der Waals surface area (Å²) >= 11 is 0. The lowest BCUT2D eigenvalue weighted by atomic mass is 9.89. The van der Waals surface area contributed by atoms with Crippen LogP contribution in [-0.2, 0) is 29.0 Å². The van der Waals surface area contributed by atoms with Crippen LogP contribution in [0.4, 0.5) is 0 Å². The molecule has 3 aromatic carbocycles. The van der Waals surface area contributed by atoms with Gasteiger partial charge in [0.15, 0.2) is 0 Å². The number of carbonyl (C=O) groups excluding carboxylic acids is 2. The van der Waals surface area contributed by atoms with Crippen LogP contribution in [0.25, 0.3) is 27.9 Å². The van der Waals surface area contributed by atoms with Gasteiger partial charge in [0.2, 0.25) is 11.8 Å². The van der Waals surface area contributed by atoms with E-state index < -0.39 is 0 Å². The molecule has 6 rings (SSSR count). The van der Waals surface area contributed by atoms with E-state index >= 15 is 0 Å². The van der Waals surface area contributed by atoms with E-state index in [9.17, 15) is 9.59 Å². The van der Waals surface area contributed by atoms with Gasteiger partial charge in [-0.3, -0.25) is 14.9 Å². The monoisotopic (exact) mass is 593 g/mol. The second-order valence-corrected chi connectivity index (χ2v) is 11.2. The summed E-state index contributed by atoms with van der Waals surface area (Å²) in [7, 11) is 0. The summed E-state index contributed by atoms with van der Waals surface area (Å²) in [6, 6.07) is 25.4. The molecule has 5 aromatic rings. The van der Waals surface area contributed by atoms with Crippen LogP contribution in [0, 0.1) is 6.92 Å². The van der Waals surface area contributed by atoms with Gasteiger partial charge in [0.1, 0.15) is 6.33 Å². The van der Waals surface area contributed by atoms with E-state index in [2.05, 4.69) is 89.2 Å². The lowest BCUT2D eigenvalue weighted by molar-refractivity contribution is -0.134. The standard InChI is InChI=1S/C35H35N5O2.ClH/c1-23-18-29(14-15-30(23)20-36)34-32-19-25(21-40(32)38-22-37-34)5-3-2-4-24-6-8-26(9-7-24)27-10-12-28(13-11-27)31-16-17-33(41)39-35(31)42;/h6-15,18-19,21-22,31H,2-5,16-17,20,36H2,1H3,(H,39,41,42);1H. The SMILES string of the molecule is Cc1cc(-c2ncnn3cc(CCCCc4ccc(-c5ccc(C6CCC(=O)NC6=O)cc5)cc4)cc23)ccc1CN.Cl. The van der Waals surface area contributed by atoms with Gasteiger partial charge >= 0.3 is 0 Å².